The zero-order chi connectivity index (χ0) is 45.8. The van der Waals surface area contributed by atoms with Gasteiger partial charge in [0.2, 0.25) is 17.7 Å². The molecule has 61 heavy (non-hydrogen) atoms. The molecule has 0 aromatic heterocycles. The normalized spacial score (nSPS) is 23.2. The predicted octanol–water partition coefficient (Wildman–Crippen LogP) is 0.892. The van der Waals surface area contributed by atoms with Crippen LogP contribution in [0.4, 0.5) is 0 Å². The number of ether oxygens (including phenoxy) is 1. The van der Waals surface area contributed by atoms with Crippen molar-refractivity contribution in [1.82, 2.24) is 16.0 Å². The molecular formula is C32H44N3O21P3S2. The molecule has 29 heteroatoms. The highest BCUT2D eigenvalue weighted by Gasteiger charge is 2.43. The van der Waals surface area contributed by atoms with E-state index in [-0.39, 0.29) is 31.7 Å². The van der Waals surface area contributed by atoms with E-state index in [2.05, 4.69) is 35.6 Å². The highest BCUT2D eigenvalue weighted by atomic mass is 33.1. The van der Waals surface area contributed by atoms with Crippen molar-refractivity contribution in [2.75, 3.05) is 24.7 Å². The Bertz CT molecular complexity index is 1940. The van der Waals surface area contributed by atoms with Gasteiger partial charge in [-0.05, 0) is 30.6 Å². The maximum atomic E-state index is 12.4. The van der Waals surface area contributed by atoms with Crippen LogP contribution in [0.2, 0.25) is 0 Å². The first kappa shape index (κ1) is 53.5. The summed E-state index contributed by atoms with van der Waals surface area (Å²) in [5, 5.41) is 44.3. The number of carboxylic acids is 3. The fourth-order valence-corrected chi connectivity index (χ4v) is 10.0. The van der Waals surface area contributed by atoms with Gasteiger partial charge in [-0.2, -0.15) is 8.62 Å². The summed E-state index contributed by atoms with van der Waals surface area (Å²) in [6, 6.07) is -3.43. The van der Waals surface area contributed by atoms with Gasteiger partial charge in [0.15, 0.2) is 0 Å². The number of aliphatic hydroxyl groups is 1. The van der Waals surface area contributed by atoms with E-state index >= 15 is 0 Å². The number of amides is 3. The van der Waals surface area contributed by atoms with E-state index in [4.69, 9.17) is 29.8 Å². The number of carbonyl (C=O) groups excluding carboxylic acids is 3. The molecule has 7 unspecified atom stereocenters. The zero-order valence-electron chi connectivity index (χ0n) is 31.7. The largest absolute Gasteiger partial charge is 0.490 e. The van der Waals surface area contributed by atoms with Gasteiger partial charge in [-0.1, -0.05) is 57.7 Å². The van der Waals surface area contributed by atoms with Crippen molar-refractivity contribution < 1.29 is 100 Å². The fraction of sp³-hybridized carbons (Fsp3) is 0.500. The average molecular weight is 964 g/mol. The monoisotopic (exact) mass is 963 g/mol. The number of hydrogen-bond acceptors (Lipinski definition) is 16. The molecule has 1 aliphatic carbocycles. The number of carbonyl (C=O) groups is 6. The van der Waals surface area contributed by atoms with Gasteiger partial charge in [-0.15, -0.1) is 0 Å². The summed E-state index contributed by atoms with van der Waals surface area (Å²) in [5.41, 5.74) is 1.12. The second kappa shape index (κ2) is 26.1. The van der Waals surface area contributed by atoms with Crippen molar-refractivity contribution in [1.29, 1.82) is 0 Å². The molecule has 0 bridgehead atoms. The molecule has 1 heterocycles. The first-order chi connectivity index (χ1) is 28.4. The third-order valence-electron chi connectivity index (χ3n) is 7.55. The van der Waals surface area contributed by atoms with Crippen LogP contribution in [0.3, 0.4) is 0 Å². The number of aliphatic carboxylic acids is 3. The Hall–Kier alpha value is -3.63. The minimum Gasteiger partial charge on any atom is -0.481 e. The van der Waals surface area contributed by atoms with E-state index in [0.717, 1.165) is 0 Å². The first-order valence-electron chi connectivity index (χ1n) is 17.6. The molecule has 2 aliphatic rings. The highest BCUT2D eigenvalue weighted by molar-refractivity contribution is 8.76. The van der Waals surface area contributed by atoms with Gasteiger partial charge < -0.3 is 60.7 Å². The summed E-state index contributed by atoms with van der Waals surface area (Å²) >= 11 is 0. The lowest BCUT2D eigenvalue weighted by molar-refractivity contribution is -0.148. The van der Waals surface area contributed by atoms with Gasteiger partial charge in [0, 0.05) is 36.3 Å². The molecule has 0 aromatic rings. The maximum absolute atomic E-state index is 12.4. The van der Waals surface area contributed by atoms with Crippen molar-refractivity contribution in [3.63, 3.8) is 0 Å². The molecule has 0 radical (unpaired) electrons. The summed E-state index contributed by atoms with van der Waals surface area (Å²) < 4.78 is 51.9. The summed E-state index contributed by atoms with van der Waals surface area (Å²) in [7, 11) is -13.8. The molecule has 0 aromatic carbocycles. The highest BCUT2D eigenvalue weighted by Crippen LogP contribution is 2.66. The maximum Gasteiger partial charge on any atom is 0.490 e. The van der Waals surface area contributed by atoms with Gasteiger partial charge in [-0.25, -0.2) is 18.5 Å². The first-order valence-corrected chi connectivity index (χ1v) is 24.6. The molecule has 1 saturated heterocycles. The van der Waals surface area contributed by atoms with Crippen LogP contribution in [0.5, 0.6) is 0 Å². The Morgan fingerprint density at radius 2 is 1.48 bits per heavy atom. The number of unbranched alkanes of at least 4 members (excludes halogenated alkanes) is 1. The summed E-state index contributed by atoms with van der Waals surface area (Å²) in [4.78, 5) is 106. The van der Waals surface area contributed by atoms with E-state index in [1.165, 1.54) is 21.6 Å². The van der Waals surface area contributed by atoms with Crippen LogP contribution in [0, 0.1) is 11.8 Å². The number of nitrogens with one attached hydrogen (secondary N) is 3. The van der Waals surface area contributed by atoms with Crippen LogP contribution in [0.1, 0.15) is 44.9 Å². The van der Waals surface area contributed by atoms with E-state index in [1.54, 1.807) is 36.5 Å². The Labute approximate surface area is 355 Å². The van der Waals surface area contributed by atoms with Gasteiger partial charge in [0.25, 0.3) is 0 Å². The number of hydrogen-bond donors (Lipinski definition) is 11. The van der Waals surface area contributed by atoms with Gasteiger partial charge in [0.1, 0.15) is 18.2 Å². The minimum absolute atomic E-state index is 0.0159. The number of carboxylic acid groups (broad SMARTS) is 3. The van der Waals surface area contributed by atoms with Crippen LogP contribution in [-0.4, -0.2) is 131 Å². The Morgan fingerprint density at radius 3 is 2.13 bits per heavy atom. The number of aliphatic hydroxyl groups excluding tert-OH is 1. The van der Waals surface area contributed by atoms with E-state index in [0.29, 0.717) is 35.5 Å². The molecule has 0 saturated carbocycles. The molecule has 340 valence electrons. The van der Waals surface area contributed by atoms with Crippen LogP contribution >= 0.6 is 45.1 Å². The molecule has 24 nitrogen and oxygen atoms in total. The molecule has 11 N–H and O–H groups in total. The Balaban J connectivity index is 1.68. The summed E-state index contributed by atoms with van der Waals surface area (Å²) in [6.45, 7) is -0.771. The lowest BCUT2D eigenvalue weighted by Gasteiger charge is -2.19. The topological polar surface area (TPSA) is 388 Å². The van der Waals surface area contributed by atoms with Gasteiger partial charge >= 0.3 is 41.4 Å². The Morgan fingerprint density at radius 1 is 0.820 bits per heavy atom. The summed E-state index contributed by atoms with van der Waals surface area (Å²) in [6.07, 6.45) is 6.16. The third kappa shape index (κ3) is 23.4. The Kier molecular flexibility index (Phi) is 22.9. The predicted molar refractivity (Wildman–Crippen MR) is 214 cm³/mol. The molecular weight excluding hydrogens is 919 g/mol. The number of phosphoric acid groups is 3. The smallest absolute Gasteiger partial charge is 0.481 e. The second-order valence-corrected chi connectivity index (χ2v) is 19.6. The van der Waals surface area contributed by atoms with Crippen LogP contribution in [-0.2, 0) is 60.3 Å². The van der Waals surface area contributed by atoms with Crippen LogP contribution in [0.15, 0.2) is 47.6 Å². The lowest BCUT2D eigenvalue weighted by atomic mass is 10.0. The molecule has 7 atom stereocenters. The number of allylic oxidation sites excluding steroid dienone is 6. The standard InChI is InChI=1S/C32H44N3O21P3S2/c36-24-18-25(54-26(24)19-53-58(49,50)56-59(51,52)55-57(46,47)48)21-8-2-1-6-20(10-11-21)7-5-13-33-27(37)12-15-61-60-14-4-3-9-28(38)34-22(16-29(39)40)31(43)35-23(32(44)45)17-30(41)42/h1-2,6,8,10-11,22-26,36H,3-4,9,12-19H2,(H,33,37)(H,34,38)(H,35,43)(H,39,40)(H,41,42)(H,44,45)(H,49,50)(H,51,52)(H2,46,47,48)/b2-1-,6-1?,8-2?,11-10-,20-6-,20-10?,21-8+,21-11?. The molecule has 1 fully saturated rings. The average Bonchev–Trinajstić information content (AvgIpc) is 3.48. The second-order valence-electron chi connectivity index (χ2n) is 12.5. The van der Waals surface area contributed by atoms with Crippen molar-refractivity contribution in [2.45, 2.75) is 75.3 Å². The lowest BCUT2D eigenvalue weighted by Crippen LogP contribution is -2.52. The van der Waals surface area contributed by atoms with Crippen molar-refractivity contribution in [2.24, 2.45) is 0 Å². The van der Waals surface area contributed by atoms with Crippen molar-refractivity contribution in [3.05, 3.63) is 47.6 Å². The van der Waals surface area contributed by atoms with E-state index in [1.807, 2.05) is 5.32 Å². The molecule has 2 rings (SSSR count). The van der Waals surface area contributed by atoms with Crippen LogP contribution in [0.25, 0.3) is 0 Å². The number of rotatable bonds is 26. The molecule has 0 spiro atoms. The van der Waals surface area contributed by atoms with Gasteiger partial charge in [0.05, 0.1) is 38.2 Å². The van der Waals surface area contributed by atoms with E-state index in [9.17, 15) is 57.4 Å². The SMILES string of the molecule is O=C(O)CC(NC(=O)C(CC(=O)O)NC(=O)CCCCSSCCC(=O)NCC#CC1=C/C=C\C=C(C2CC(O)C(COP(=O)(O)OP(=O)(O)OP(=O)(O)O)O2)/C=C\1)C(=O)O. The number of phosphoric ester groups is 1. The van der Waals surface area contributed by atoms with Crippen molar-refractivity contribution >= 4 is 80.7 Å². The third-order valence-corrected chi connectivity index (χ3v) is 13.8. The summed E-state index contributed by atoms with van der Waals surface area (Å²) in [5.74, 6) is 0.185. The van der Waals surface area contributed by atoms with Crippen molar-refractivity contribution in [3.8, 4) is 11.8 Å². The zero-order valence-corrected chi connectivity index (χ0v) is 36.0. The van der Waals surface area contributed by atoms with E-state index < -0.39 is 103 Å². The van der Waals surface area contributed by atoms with Crippen LogP contribution < -0.4 is 16.0 Å². The van der Waals surface area contributed by atoms with Gasteiger partial charge in [-0.3, -0.25) is 28.5 Å². The quantitative estimate of drug-likeness (QED) is 0.0248. The fourth-order valence-electron chi connectivity index (χ4n) is 4.86. The minimum atomic E-state index is -5.71. The molecule has 3 amide bonds. The molecule has 1 aliphatic heterocycles.